The normalized spacial score (nSPS) is 11.6. The monoisotopic (exact) mass is 375 g/mol. The van der Waals surface area contributed by atoms with Crippen molar-refractivity contribution in [2.24, 2.45) is 11.8 Å². The molecule has 0 aliphatic heterocycles. The number of rotatable bonds is 6. The van der Waals surface area contributed by atoms with Crippen LogP contribution >= 0.6 is 31.9 Å². The van der Waals surface area contributed by atoms with Crippen LogP contribution in [0.15, 0.2) is 27.1 Å². The first-order chi connectivity index (χ1) is 8.38. The molecule has 0 atom stereocenters. The average Bonchev–Trinajstić information content (AvgIpc) is 2.21. The lowest BCUT2D eigenvalue weighted by Gasteiger charge is -2.24. The fourth-order valence-electron chi connectivity index (χ4n) is 2.18. The van der Waals surface area contributed by atoms with Gasteiger partial charge in [-0.15, -0.1) is 0 Å². The predicted molar refractivity (Wildman–Crippen MR) is 88.2 cm³/mol. The Balaban J connectivity index is 2.77. The molecule has 1 rings (SSSR count). The number of halogens is 2. The molecule has 0 spiro atoms. The van der Waals surface area contributed by atoms with Crippen molar-refractivity contribution in [3.63, 3.8) is 0 Å². The Morgan fingerprint density at radius 3 is 2.06 bits per heavy atom. The highest BCUT2D eigenvalue weighted by atomic mass is 79.9. The SMILES string of the molecule is CC(C)CC(CC(C)C)Nc1cc(Br)ccc1Br. The van der Waals surface area contributed by atoms with Crippen molar-refractivity contribution in [1.29, 1.82) is 0 Å². The third-order valence-electron chi connectivity index (χ3n) is 2.80. The summed E-state index contributed by atoms with van der Waals surface area (Å²) in [5, 5.41) is 3.67. The summed E-state index contributed by atoms with van der Waals surface area (Å²) in [6.07, 6.45) is 2.41. The van der Waals surface area contributed by atoms with Crippen LogP contribution in [-0.4, -0.2) is 6.04 Å². The third kappa shape index (κ3) is 5.75. The Morgan fingerprint density at radius 2 is 1.56 bits per heavy atom. The summed E-state index contributed by atoms with van der Waals surface area (Å²) in [5.41, 5.74) is 1.18. The molecule has 0 radical (unpaired) electrons. The third-order valence-corrected chi connectivity index (χ3v) is 3.98. The van der Waals surface area contributed by atoms with Gasteiger partial charge < -0.3 is 5.32 Å². The van der Waals surface area contributed by atoms with Crippen LogP contribution in [0.3, 0.4) is 0 Å². The van der Waals surface area contributed by atoms with Crippen molar-refractivity contribution >= 4 is 37.5 Å². The zero-order chi connectivity index (χ0) is 13.7. The summed E-state index contributed by atoms with van der Waals surface area (Å²) in [6, 6.07) is 6.80. The van der Waals surface area contributed by atoms with E-state index < -0.39 is 0 Å². The van der Waals surface area contributed by atoms with Crippen LogP contribution in [0.2, 0.25) is 0 Å². The molecule has 0 saturated carbocycles. The second kappa shape index (κ2) is 7.54. The summed E-state index contributed by atoms with van der Waals surface area (Å²) in [5.74, 6) is 1.43. The van der Waals surface area contributed by atoms with Gasteiger partial charge in [-0.3, -0.25) is 0 Å². The minimum atomic E-state index is 0.538. The van der Waals surface area contributed by atoms with Crippen molar-refractivity contribution < 1.29 is 0 Å². The Morgan fingerprint density at radius 1 is 1.00 bits per heavy atom. The van der Waals surface area contributed by atoms with Gasteiger partial charge in [-0.1, -0.05) is 43.6 Å². The second-order valence-corrected chi connectivity index (χ2v) is 7.49. The number of benzene rings is 1. The van der Waals surface area contributed by atoms with E-state index >= 15 is 0 Å². The molecule has 0 aliphatic carbocycles. The first-order valence-electron chi connectivity index (χ1n) is 6.60. The summed E-state index contributed by atoms with van der Waals surface area (Å²) in [4.78, 5) is 0. The van der Waals surface area contributed by atoms with Crippen LogP contribution in [0.5, 0.6) is 0 Å². The molecule has 0 amide bonds. The standard InChI is InChI=1S/C15H23Br2N/c1-10(2)7-13(8-11(3)4)18-15-9-12(16)5-6-14(15)17/h5-6,9-11,13,18H,7-8H2,1-4H3. The smallest absolute Gasteiger partial charge is 0.0498 e. The average molecular weight is 377 g/mol. The largest absolute Gasteiger partial charge is 0.381 e. The first-order valence-corrected chi connectivity index (χ1v) is 8.18. The van der Waals surface area contributed by atoms with Gasteiger partial charge in [-0.25, -0.2) is 0 Å². The molecule has 0 saturated heterocycles. The fraction of sp³-hybridized carbons (Fsp3) is 0.600. The number of hydrogen-bond acceptors (Lipinski definition) is 1. The second-order valence-electron chi connectivity index (χ2n) is 5.72. The summed E-state index contributed by atoms with van der Waals surface area (Å²) in [7, 11) is 0. The Labute approximate surface area is 128 Å². The summed E-state index contributed by atoms with van der Waals surface area (Å²) >= 11 is 7.14. The zero-order valence-electron chi connectivity index (χ0n) is 11.6. The molecule has 0 aromatic heterocycles. The predicted octanol–water partition coefficient (Wildman–Crippen LogP) is 6.08. The lowest BCUT2D eigenvalue weighted by atomic mass is 9.95. The van der Waals surface area contributed by atoms with Gasteiger partial charge in [0.1, 0.15) is 0 Å². The van der Waals surface area contributed by atoms with Gasteiger partial charge in [-0.05, 0) is 58.8 Å². The van der Waals surface area contributed by atoms with E-state index in [1.165, 1.54) is 18.5 Å². The van der Waals surface area contributed by atoms with Crippen LogP contribution in [0.1, 0.15) is 40.5 Å². The van der Waals surface area contributed by atoms with Crippen molar-refractivity contribution in [3.8, 4) is 0 Å². The molecule has 0 unspecified atom stereocenters. The minimum absolute atomic E-state index is 0.538. The Hall–Kier alpha value is -0.0200. The Bertz CT molecular complexity index is 365. The molecule has 1 N–H and O–H groups in total. The molecule has 1 aromatic rings. The fourth-order valence-corrected chi connectivity index (χ4v) is 2.90. The maximum Gasteiger partial charge on any atom is 0.0498 e. The molecule has 3 heteroatoms. The van der Waals surface area contributed by atoms with Crippen molar-refractivity contribution in [3.05, 3.63) is 27.1 Å². The molecule has 0 heterocycles. The van der Waals surface area contributed by atoms with Gasteiger partial charge in [0.05, 0.1) is 0 Å². The van der Waals surface area contributed by atoms with Gasteiger partial charge in [-0.2, -0.15) is 0 Å². The maximum atomic E-state index is 3.67. The van der Waals surface area contributed by atoms with Gasteiger partial charge in [0.15, 0.2) is 0 Å². The van der Waals surface area contributed by atoms with Crippen LogP contribution < -0.4 is 5.32 Å². The number of hydrogen-bond donors (Lipinski definition) is 1. The molecule has 18 heavy (non-hydrogen) atoms. The van der Waals surface area contributed by atoms with Crippen LogP contribution in [0.25, 0.3) is 0 Å². The summed E-state index contributed by atoms with van der Waals surface area (Å²) in [6.45, 7) is 9.13. The zero-order valence-corrected chi connectivity index (χ0v) is 14.8. The maximum absolute atomic E-state index is 3.67. The highest BCUT2D eigenvalue weighted by molar-refractivity contribution is 9.11. The van der Waals surface area contributed by atoms with Gasteiger partial charge in [0.2, 0.25) is 0 Å². The number of nitrogens with one attached hydrogen (secondary N) is 1. The highest BCUT2D eigenvalue weighted by Crippen LogP contribution is 2.28. The molecule has 0 fully saturated rings. The van der Waals surface area contributed by atoms with Crippen molar-refractivity contribution in [2.45, 2.75) is 46.6 Å². The van der Waals surface area contributed by atoms with E-state index in [1.54, 1.807) is 0 Å². The topological polar surface area (TPSA) is 12.0 Å². The highest BCUT2D eigenvalue weighted by Gasteiger charge is 2.14. The van der Waals surface area contributed by atoms with Gasteiger partial charge >= 0.3 is 0 Å². The lowest BCUT2D eigenvalue weighted by molar-refractivity contribution is 0.442. The molecular formula is C15H23Br2N. The van der Waals surface area contributed by atoms with E-state index in [-0.39, 0.29) is 0 Å². The van der Waals surface area contributed by atoms with E-state index in [0.29, 0.717) is 17.9 Å². The summed E-state index contributed by atoms with van der Waals surface area (Å²) < 4.78 is 2.24. The molecule has 1 nitrogen and oxygen atoms in total. The minimum Gasteiger partial charge on any atom is -0.381 e. The molecular weight excluding hydrogens is 354 g/mol. The lowest BCUT2D eigenvalue weighted by Crippen LogP contribution is -2.23. The van der Waals surface area contributed by atoms with Crippen LogP contribution in [0.4, 0.5) is 5.69 Å². The van der Waals surface area contributed by atoms with Gasteiger partial charge in [0, 0.05) is 20.7 Å². The van der Waals surface area contributed by atoms with Crippen molar-refractivity contribution in [1.82, 2.24) is 0 Å². The van der Waals surface area contributed by atoms with Crippen molar-refractivity contribution in [2.75, 3.05) is 5.32 Å². The van der Waals surface area contributed by atoms with E-state index in [9.17, 15) is 0 Å². The molecule has 1 aromatic carbocycles. The molecule has 102 valence electrons. The Kier molecular flexibility index (Phi) is 6.72. The quantitative estimate of drug-likeness (QED) is 0.633. The van der Waals surface area contributed by atoms with E-state index in [1.807, 2.05) is 0 Å². The van der Waals surface area contributed by atoms with Gasteiger partial charge in [0.25, 0.3) is 0 Å². The van der Waals surface area contributed by atoms with E-state index in [4.69, 9.17) is 0 Å². The number of anilines is 1. The molecule has 0 aliphatic rings. The first kappa shape index (κ1) is 16.0. The van der Waals surface area contributed by atoms with Crippen LogP contribution in [0, 0.1) is 11.8 Å². The van der Waals surface area contributed by atoms with E-state index in [2.05, 4.69) is 83.1 Å². The van der Waals surface area contributed by atoms with E-state index in [0.717, 1.165) is 8.95 Å². The molecule has 0 bridgehead atoms. The van der Waals surface area contributed by atoms with Crippen LogP contribution in [-0.2, 0) is 0 Å².